The average Bonchev–Trinajstić information content (AvgIpc) is 2.66. The molecule has 0 bridgehead atoms. The van der Waals surface area contributed by atoms with Gasteiger partial charge in [0.05, 0.1) is 0 Å². The molecule has 4 nitrogen and oxygen atoms in total. The zero-order valence-corrected chi connectivity index (χ0v) is 14.7. The van der Waals surface area contributed by atoms with Crippen LogP contribution < -0.4 is 9.47 Å². The van der Waals surface area contributed by atoms with Crippen LogP contribution in [-0.2, 0) is 17.8 Å². The largest absolute Gasteiger partial charge is 0.435 e. The van der Waals surface area contributed by atoms with Crippen LogP contribution in [0.25, 0.3) is 6.08 Å². The van der Waals surface area contributed by atoms with Crippen LogP contribution in [0.15, 0.2) is 48.5 Å². The van der Waals surface area contributed by atoms with Crippen LogP contribution in [0.5, 0.6) is 11.5 Å². The number of carbonyl (C=O) groups is 1. The van der Waals surface area contributed by atoms with E-state index in [-0.39, 0.29) is 23.0 Å². The molecule has 0 atom stereocenters. The lowest BCUT2D eigenvalue weighted by Gasteiger charge is -2.27. The highest BCUT2D eigenvalue weighted by Crippen LogP contribution is 2.29. The summed E-state index contributed by atoms with van der Waals surface area (Å²) in [4.78, 5) is 14.1. The molecular weight excluding hydrogens is 378 g/mol. The van der Waals surface area contributed by atoms with Gasteiger partial charge >= 0.3 is 13.2 Å². The Hall–Kier alpha value is -3.03. The minimum Gasteiger partial charge on any atom is -0.435 e. The van der Waals surface area contributed by atoms with E-state index >= 15 is 0 Å². The highest BCUT2D eigenvalue weighted by Gasteiger charge is 2.19. The maximum Gasteiger partial charge on any atom is 0.387 e. The molecule has 0 radical (unpaired) electrons. The molecule has 1 heterocycles. The third-order valence-corrected chi connectivity index (χ3v) is 4.27. The molecule has 3 rings (SSSR count). The van der Waals surface area contributed by atoms with Gasteiger partial charge in [0.1, 0.15) is 11.5 Å². The van der Waals surface area contributed by atoms with Crippen molar-refractivity contribution in [3.05, 3.63) is 65.2 Å². The molecule has 0 aromatic heterocycles. The van der Waals surface area contributed by atoms with Crippen LogP contribution in [0.4, 0.5) is 17.6 Å². The summed E-state index contributed by atoms with van der Waals surface area (Å²) in [6.07, 6.45) is 3.29. The molecule has 28 heavy (non-hydrogen) atoms. The number of halogens is 4. The van der Waals surface area contributed by atoms with Crippen LogP contribution in [0.3, 0.4) is 0 Å². The molecule has 0 spiro atoms. The fourth-order valence-electron chi connectivity index (χ4n) is 2.98. The van der Waals surface area contributed by atoms with Crippen molar-refractivity contribution in [2.45, 2.75) is 26.2 Å². The zero-order chi connectivity index (χ0) is 20.1. The Kier molecular flexibility index (Phi) is 6.18. The van der Waals surface area contributed by atoms with Crippen molar-refractivity contribution in [3.8, 4) is 11.5 Å². The highest BCUT2D eigenvalue weighted by atomic mass is 19.3. The molecule has 0 saturated carbocycles. The van der Waals surface area contributed by atoms with E-state index in [1.54, 1.807) is 4.90 Å². The van der Waals surface area contributed by atoms with Gasteiger partial charge in [-0.15, -0.1) is 0 Å². The summed E-state index contributed by atoms with van der Waals surface area (Å²) in [6.45, 7) is -5.24. The number of ether oxygens (including phenoxy) is 2. The second kappa shape index (κ2) is 8.77. The number of fused-ring (bicyclic) bond motifs is 1. The maximum atomic E-state index is 12.6. The monoisotopic (exact) mass is 395 g/mol. The summed E-state index contributed by atoms with van der Waals surface area (Å²) >= 11 is 0. The Bertz CT molecular complexity index is 870. The molecule has 2 aromatic rings. The summed E-state index contributed by atoms with van der Waals surface area (Å²) in [6, 6.07) is 11.2. The van der Waals surface area contributed by atoms with Gasteiger partial charge in [0.25, 0.3) is 0 Å². The van der Waals surface area contributed by atoms with Crippen LogP contribution in [-0.4, -0.2) is 30.6 Å². The van der Waals surface area contributed by atoms with Gasteiger partial charge in [-0.2, -0.15) is 17.6 Å². The Balaban J connectivity index is 1.74. The predicted molar refractivity (Wildman–Crippen MR) is 94.3 cm³/mol. The first-order valence-corrected chi connectivity index (χ1v) is 8.50. The summed E-state index contributed by atoms with van der Waals surface area (Å²) < 4.78 is 58.4. The first-order valence-electron chi connectivity index (χ1n) is 8.50. The summed E-state index contributed by atoms with van der Waals surface area (Å²) in [5.41, 5.74) is 2.40. The third kappa shape index (κ3) is 5.03. The lowest BCUT2D eigenvalue weighted by atomic mass is 10.00. The SMILES string of the molecule is O=C(/C=C/c1ccc(OC(F)F)cc1OC(F)F)N1CCc2ccccc2C1. The molecule has 1 amide bonds. The normalized spacial score (nSPS) is 13.9. The number of rotatable bonds is 6. The molecule has 0 fully saturated rings. The molecule has 1 aliphatic rings. The molecule has 0 unspecified atom stereocenters. The highest BCUT2D eigenvalue weighted by molar-refractivity contribution is 5.92. The summed E-state index contributed by atoms with van der Waals surface area (Å²) in [7, 11) is 0. The minimum atomic E-state index is -3.15. The fourth-order valence-corrected chi connectivity index (χ4v) is 2.98. The van der Waals surface area contributed by atoms with Crippen LogP contribution in [0.2, 0.25) is 0 Å². The van der Waals surface area contributed by atoms with Gasteiger partial charge in [0.15, 0.2) is 0 Å². The van der Waals surface area contributed by atoms with Crippen LogP contribution in [0, 0.1) is 0 Å². The summed E-state index contributed by atoms with van der Waals surface area (Å²) in [5.74, 6) is -0.964. The number of alkyl halides is 4. The molecule has 2 aromatic carbocycles. The number of benzene rings is 2. The van der Waals surface area contributed by atoms with Crippen molar-refractivity contribution in [1.82, 2.24) is 4.90 Å². The van der Waals surface area contributed by atoms with E-state index in [0.717, 1.165) is 18.1 Å². The van der Waals surface area contributed by atoms with Crippen molar-refractivity contribution >= 4 is 12.0 Å². The Morgan fingerprint density at radius 1 is 1.00 bits per heavy atom. The standard InChI is InChI=1S/C20H17F4NO3/c21-19(22)27-16-7-5-14(17(11-16)28-20(23)24)6-8-18(26)25-10-9-13-3-1-2-4-15(13)12-25/h1-8,11,19-20H,9-10,12H2/b8-6+. The topological polar surface area (TPSA) is 38.8 Å². The molecule has 148 valence electrons. The molecular formula is C20H17F4NO3. The van der Waals surface area contributed by atoms with Crippen molar-refractivity contribution in [2.24, 2.45) is 0 Å². The van der Waals surface area contributed by atoms with Crippen LogP contribution in [0.1, 0.15) is 16.7 Å². The van der Waals surface area contributed by atoms with Crippen molar-refractivity contribution in [2.75, 3.05) is 6.54 Å². The zero-order valence-electron chi connectivity index (χ0n) is 14.7. The van der Waals surface area contributed by atoms with Gasteiger partial charge in [0, 0.05) is 30.8 Å². The predicted octanol–water partition coefficient (Wildman–Crippen LogP) is 4.49. The molecule has 8 heteroatoms. The van der Waals surface area contributed by atoms with E-state index in [1.165, 1.54) is 29.8 Å². The summed E-state index contributed by atoms with van der Waals surface area (Å²) in [5, 5.41) is 0. The van der Waals surface area contributed by atoms with E-state index in [4.69, 9.17) is 0 Å². The van der Waals surface area contributed by atoms with Gasteiger partial charge < -0.3 is 14.4 Å². The van der Waals surface area contributed by atoms with E-state index in [2.05, 4.69) is 9.47 Å². The van der Waals surface area contributed by atoms with E-state index in [1.807, 2.05) is 24.3 Å². The quantitative estimate of drug-likeness (QED) is 0.535. The number of amides is 1. The maximum absolute atomic E-state index is 12.6. The van der Waals surface area contributed by atoms with E-state index in [0.29, 0.717) is 13.1 Å². The average molecular weight is 395 g/mol. The number of carbonyl (C=O) groups excluding carboxylic acids is 1. The number of hydrogen-bond acceptors (Lipinski definition) is 3. The van der Waals surface area contributed by atoms with E-state index < -0.39 is 13.2 Å². The third-order valence-electron chi connectivity index (χ3n) is 4.27. The van der Waals surface area contributed by atoms with Crippen molar-refractivity contribution in [1.29, 1.82) is 0 Å². The Morgan fingerprint density at radius 2 is 1.71 bits per heavy atom. The van der Waals surface area contributed by atoms with Gasteiger partial charge in [-0.05, 0) is 35.8 Å². The van der Waals surface area contributed by atoms with E-state index in [9.17, 15) is 22.4 Å². The van der Waals surface area contributed by atoms with Gasteiger partial charge in [-0.25, -0.2) is 0 Å². The van der Waals surface area contributed by atoms with Crippen molar-refractivity contribution in [3.63, 3.8) is 0 Å². The number of nitrogens with zero attached hydrogens (tertiary/aromatic N) is 1. The fraction of sp³-hybridized carbons (Fsp3) is 0.250. The lowest BCUT2D eigenvalue weighted by Crippen LogP contribution is -2.34. The smallest absolute Gasteiger partial charge is 0.387 e. The van der Waals surface area contributed by atoms with Crippen molar-refractivity contribution < 1.29 is 31.8 Å². The minimum absolute atomic E-state index is 0.146. The van der Waals surface area contributed by atoms with Crippen LogP contribution >= 0.6 is 0 Å². The second-order valence-electron chi connectivity index (χ2n) is 6.07. The first-order chi connectivity index (χ1) is 13.4. The molecule has 0 N–H and O–H groups in total. The Labute approximate surface area is 159 Å². The molecule has 0 saturated heterocycles. The number of hydrogen-bond donors (Lipinski definition) is 0. The molecule has 1 aliphatic heterocycles. The second-order valence-corrected chi connectivity index (χ2v) is 6.07. The van der Waals surface area contributed by atoms with Gasteiger partial charge in [-0.1, -0.05) is 24.3 Å². The molecule has 0 aliphatic carbocycles. The Morgan fingerprint density at radius 3 is 2.43 bits per heavy atom. The van der Waals surface area contributed by atoms with Gasteiger partial charge in [-0.3, -0.25) is 4.79 Å². The first kappa shape index (κ1) is 19.7. The van der Waals surface area contributed by atoms with Gasteiger partial charge in [0.2, 0.25) is 5.91 Å². The lowest BCUT2D eigenvalue weighted by molar-refractivity contribution is -0.126.